The molecule has 6 aliphatic carbocycles. The van der Waals surface area contributed by atoms with Crippen LogP contribution in [-0.2, 0) is 47.4 Å². The summed E-state index contributed by atoms with van der Waals surface area (Å²) in [5, 5.41) is 21.7. The van der Waals surface area contributed by atoms with Crippen LogP contribution < -0.4 is 49.4 Å². The van der Waals surface area contributed by atoms with Crippen LogP contribution in [0.2, 0.25) is 0 Å². The summed E-state index contributed by atoms with van der Waals surface area (Å²) in [4.78, 5) is 43.9. The quantitative estimate of drug-likeness (QED) is 0.0177. The number of nitrogens with one attached hydrogen (secondary N) is 2. The number of carbonyl (C=O) groups excluding carboxylic acids is 1. The largest absolute Gasteiger partial charge is 1.00 e. The molecule has 105 heavy (non-hydrogen) atoms. The summed E-state index contributed by atoms with van der Waals surface area (Å²) < 4.78 is 72.7. The van der Waals surface area contributed by atoms with Crippen molar-refractivity contribution in [2.24, 2.45) is 16.8 Å². The Bertz CT molecular complexity index is 5300. The minimum Gasteiger partial charge on any atom is -0.478 e. The van der Waals surface area contributed by atoms with Gasteiger partial charge in [0.25, 0.3) is 0 Å². The van der Waals surface area contributed by atoms with Crippen molar-refractivity contribution in [2.45, 2.75) is 128 Å². The van der Waals surface area contributed by atoms with Crippen LogP contribution in [-0.4, -0.2) is 79.5 Å². The van der Waals surface area contributed by atoms with E-state index in [-0.39, 0.29) is 58.8 Å². The number of aliphatic imine (C=N–C) groups is 1. The van der Waals surface area contributed by atoms with Gasteiger partial charge in [-0.05, 0) is 243 Å². The summed E-state index contributed by atoms with van der Waals surface area (Å²) in [5.41, 5.74) is 30.7. The second kappa shape index (κ2) is 29.8. The molecule has 0 bridgehead atoms. The molecule has 2 atom stereocenters. The van der Waals surface area contributed by atoms with Gasteiger partial charge in [0.15, 0.2) is 0 Å². The molecular formula is C84H84N5NaO12S3. The summed E-state index contributed by atoms with van der Waals surface area (Å²) >= 11 is -0.000000000000000222. The average Bonchev–Trinajstić information content (AvgIpc) is 1.57. The van der Waals surface area contributed by atoms with Crippen molar-refractivity contribution in [3.8, 4) is 0 Å². The summed E-state index contributed by atoms with van der Waals surface area (Å²) in [6.45, 7) is 21.1. The molecule has 17 nitrogen and oxygen atoms in total. The van der Waals surface area contributed by atoms with Crippen molar-refractivity contribution < 1.29 is 84.3 Å². The Labute approximate surface area is 644 Å². The van der Waals surface area contributed by atoms with Gasteiger partial charge in [0, 0.05) is 64.4 Å². The van der Waals surface area contributed by atoms with E-state index in [0.29, 0.717) is 23.1 Å². The van der Waals surface area contributed by atoms with Crippen LogP contribution in [0.4, 0.5) is 28.4 Å². The van der Waals surface area contributed by atoms with E-state index in [1.807, 2.05) is 39.1 Å². The molecule has 0 saturated heterocycles. The minimum absolute atomic E-state index is 0. The zero-order chi connectivity index (χ0) is 75.6. The molecule has 10 aliphatic rings. The van der Waals surface area contributed by atoms with Crippen LogP contribution >= 0.6 is 12.8 Å². The predicted molar refractivity (Wildman–Crippen MR) is 416 cm³/mol. The zero-order valence-corrected chi connectivity index (χ0v) is 65.2. The topological polar surface area (TPSA) is 260 Å². The monoisotopic (exact) mass is 1480 g/mol. The van der Waals surface area contributed by atoms with Gasteiger partial charge in [-0.25, -0.2) is 9.59 Å². The number of thiol groups is 1. The van der Waals surface area contributed by atoms with Gasteiger partial charge in [0.1, 0.15) is 7.41 Å². The number of hydrogen-bond acceptors (Lipinski definition) is 14. The number of aldehydes is 1. The minimum atomic E-state index is -4.38. The van der Waals surface area contributed by atoms with Crippen LogP contribution in [0.15, 0.2) is 220 Å². The van der Waals surface area contributed by atoms with Crippen LogP contribution in [0.3, 0.4) is 0 Å². The first-order valence-corrected chi connectivity index (χ1v) is 37.4. The van der Waals surface area contributed by atoms with E-state index < -0.39 is 43.7 Å². The standard InChI is InChI=1S/C42H41N3O5S.C30H28NO.C12H13NO2.Na.O3S.H2OS/c1-41(2)31-22-27(40(46)47)14-18-33(31)43-35(41)20-15-24-10-12-26-13-11-25(38-30-9-7-6-8-29(30)37(24)39(26)38)16-21-36-42(3,4)32-23-28(44-51(48,49)50)17-19-34(32)45(36)5;1-30(2)24-10-6-7-11-25(24)31(3)26(30)17-16-19-12-13-20-14-15-21(18-32)28-23-9-5-4-8-22(23)27(19)29(20)28;1-7-12(2,3)9-6-8(11(14)15)4-5-10(9)13-7;;1-4(2)3;1-2/h6-9,14-23,26,44H,10-13H2,1-5H3,(H,46,47)(H,48,49,50);4-5,7-11,16-18,20H,12-15H2,1-3H3;4-6,13H,1H2,2-3H3,(H,14,15);;;1-2H/q;-1;;+1;;/b20-15+,25-16+,36-21+;19-16+,26-17+;;;;/i/hT. The Hall–Kier alpha value is -8.96. The maximum absolute atomic E-state index is 11.9. The van der Waals surface area contributed by atoms with Gasteiger partial charge in [0.05, 0.1) is 28.2 Å². The number of carboxylic acid groups (broad SMARTS) is 2. The maximum atomic E-state index is 11.9. The Morgan fingerprint density at radius 2 is 1.11 bits per heavy atom. The number of anilines is 4. The third-order valence-corrected chi connectivity index (χ3v) is 23.1. The van der Waals surface area contributed by atoms with E-state index in [9.17, 15) is 32.5 Å². The number of likely N-dealkylation sites (N-methyl/N-ethyl adjacent to an activating group) is 2. The molecule has 0 fully saturated rings. The number of hydrogen-bond donors (Lipinski definition) is 7. The summed E-state index contributed by atoms with van der Waals surface area (Å²) in [6.07, 6.45) is 23.1. The normalized spacial score (nSPS) is 21.6. The molecule has 21 heteroatoms. The van der Waals surface area contributed by atoms with Gasteiger partial charge in [-0.1, -0.05) is 134 Å². The maximum Gasteiger partial charge on any atom is 1.00 e. The molecule has 4 aliphatic heterocycles. The SMILES string of the molecule is C=C1Nc2ccc(C(=O)O)cc2C1(C)C.CN1/C(=C/C=C2\CCC3CCC(/C=C/C4=Nc5ccc(C(=O)O)cc5C4(C)C)=C4C3=C2c2ccccc24)C(C)(C)c2cc(NS(=O)(=O)O)ccc21.CN1/C(=C/C=C2\CCC3CCC(C=O)=C4C3=C2c2ccccc24)C(C)(C)c2c[c-]ccc21.O=S(=O)=O.[3H]SO.[Na+]. The molecule has 6 aromatic carbocycles. The molecule has 6 aromatic rings. The van der Waals surface area contributed by atoms with Crippen LogP contribution in [0.1, 0.15) is 172 Å². The van der Waals surface area contributed by atoms with Gasteiger partial charge < -0.3 is 29.9 Å². The van der Waals surface area contributed by atoms with Crippen molar-refractivity contribution in [3.05, 3.63) is 277 Å². The van der Waals surface area contributed by atoms with Crippen LogP contribution in [0.5, 0.6) is 0 Å². The van der Waals surface area contributed by atoms with E-state index in [4.69, 9.17) is 28.4 Å². The molecule has 0 amide bonds. The fourth-order valence-electron chi connectivity index (χ4n) is 17.2. The van der Waals surface area contributed by atoms with Crippen molar-refractivity contribution >= 4 is 108 Å². The van der Waals surface area contributed by atoms with E-state index in [1.54, 1.807) is 42.5 Å². The molecule has 0 saturated carbocycles. The third kappa shape index (κ3) is 14.2. The number of allylic oxidation sites excluding steroid dienone is 19. The molecule has 536 valence electrons. The third-order valence-electron chi connectivity index (χ3n) is 22.6. The first-order valence-electron chi connectivity index (χ1n) is 35.0. The molecule has 4 heterocycles. The molecule has 0 aromatic heterocycles. The second-order valence-corrected chi connectivity index (χ2v) is 31.3. The summed E-state index contributed by atoms with van der Waals surface area (Å²) in [5.74, 6) is -0.763. The fraction of sp³-hybridized carbons (Fsp3) is 0.286. The smallest absolute Gasteiger partial charge is 0.478 e. The Kier molecular flexibility index (Phi) is 21.5. The Balaban J connectivity index is 0.000000172. The average molecular weight is 1480 g/mol. The van der Waals surface area contributed by atoms with Gasteiger partial charge in [0.2, 0.25) is 0 Å². The van der Waals surface area contributed by atoms with Crippen molar-refractivity contribution in [1.29, 1.82) is 1.12 Å². The number of carboxylic acids is 2. The number of rotatable bonds is 9. The van der Waals surface area contributed by atoms with E-state index >= 15 is 0 Å². The van der Waals surface area contributed by atoms with Crippen LogP contribution in [0, 0.1) is 17.9 Å². The predicted octanol–water partition coefficient (Wildman–Crippen LogP) is 14.8. The summed E-state index contributed by atoms with van der Waals surface area (Å²) in [6, 6.07) is 42.6. The van der Waals surface area contributed by atoms with E-state index in [0.717, 1.165) is 108 Å². The number of benzene rings is 6. The number of carbonyl (C=O) groups is 3. The molecule has 6 N–H and O–H groups in total. The number of nitrogens with zero attached hydrogens (tertiary/aromatic N) is 3. The number of aromatic carboxylic acids is 2. The molecule has 0 radical (unpaired) electrons. The molecule has 16 rings (SSSR count). The first kappa shape index (κ1) is 75.7. The van der Waals surface area contributed by atoms with Gasteiger partial charge >= 0.3 is 62.4 Å². The van der Waals surface area contributed by atoms with Crippen molar-refractivity contribution in [3.63, 3.8) is 0 Å². The fourth-order valence-corrected chi connectivity index (χ4v) is 17.6. The first-order chi connectivity index (χ1) is 49.7. The molecule has 2 unspecified atom stereocenters. The Morgan fingerprint density at radius 3 is 1.63 bits per heavy atom. The number of fused-ring (bicyclic) bond motifs is 10. The van der Waals surface area contributed by atoms with E-state index in [2.05, 4.69) is 178 Å². The second-order valence-electron chi connectivity index (χ2n) is 29.7. The van der Waals surface area contributed by atoms with Gasteiger partial charge in [-0.3, -0.25) is 19.1 Å². The van der Waals surface area contributed by atoms with Crippen molar-refractivity contribution in [1.82, 2.24) is 0 Å². The van der Waals surface area contributed by atoms with E-state index in [1.165, 1.54) is 95.8 Å². The van der Waals surface area contributed by atoms with Crippen molar-refractivity contribution in [2.75, 3.05) is 33.9 Å². The van der Waals surface area contributed by atoms with Gasteiger partial charge in [-0.15, -0.1) is 24.3 Å². The van der Waals surface area contributed by atoms with Crippen LogP contribution in [0.25, 0.3) is 22.3 Å². The Morgan fingerprint density at radius 1 is 0.638 bits per heavy atom. The summed E-state index contributed by atoms with van der Waals surface area (Å²) in [7, 11) is -3.29. The van der Waals surface area contributed by atoms with Gasteiger partial charge in [-0.2, -0.15) is 26.6 Å². The zero-order valence-electron chi connectivity index (χ0n) is 61.7. The molecular weight excluding hydrogens is 1390 g/mol. The molecule has 0 spiro atoms.